The third kappa shape index (κ3) is 3.31. The summed E-state index contributed by atoms with van der Waals surface area (Å²) in [7, 11) is 0. The molecule has 108 valence electrons. The summed E-state index contributed by atoms with van der Waals surface area (Å²) in [6, 6.07) is 11.6. The molecule has 0 unspecified atom stereocenters. The van der Waals surface area contributed by atoms with E-state index in [9.17, 15) is 0 Å². The van der Waals surface area contributed by atoms with Crippen molar-refractivity contribution in [3.05, 3.63) is 45.9 Å². The van der Waals surface area contributed by atoms with Gasteiger partial charge in [-0.2, -0.15) is 0 Å². The van der Waals surface area contributed by atoms with Crippen molar-refractivity contribution in [2.75, 3.05) is 11.9 Å². The van der Waals surface area contributed by atoms with E-state index in [0.29, 0.717) is 11.6 Å². The standard InChI is InChI=1S/C15H12BrClN2OS/c1-2-20-10-4-6-13-14(8-10)21-15(19-13)18-12-5-3-9(16)7-11(12)17/h3-8H,2H2,1H3,(H,18,19). The maximum atomic E-state index is 6.21. The minimum Gasteiger partial charge on any atom is -0.494 e. The molecule has 0 amide bonds. The van der Waals surface area contributed by atoms with Gasteiger partial charge in [0.05, 0.1) is 27.5 Å². The number of hydrogen-bond donors (Lipinski definition) is 1. The van der Waals surface area contributed by atoms with Gasteiger partial charge < -0.3 is 10.1 Å². The summed E-state index contributed by atoms with van der Waals surface area (Å²) < 4.78 is 7.53. The summed E-state index contributed by atoms with van der Waals surface area (Å²) in [6.45, 7) is 2.63. The number of nitrogens with zero attached hydrogens (tertiary/aromatic N) is 1. The predicted octanol–water partition coefficient (Wildman–Crippen LogP) is 5.85. The first-order chi connectivity index (χ1) is 10.2. The molecule has 0 saturated carbocycles. The van der Waals surface area contributed by atoms with E-state index in [4.69, 9.17) is 16.3 Å². The Hall–Kier alpha value is -1.30. The van der Waals surface area contributed by atoms with E-state index in [-0.39, 0.29) is 0 Å². The zero-order valence-corrected chi connectivity index (χ0v) is 14.3. The second-order valence-electron chi connectivity index (χ2n) is 4.33. The average Bonchev–Trinajstić information content (AvgIpc) is 2.84. The number of benzene rings is 2. The highest BCUT2D eigenvalue weighted by Gasteiger charge is 2.07. The first-order valence-corrected chi connectivity index (χ1v) is 8.40. The van der Waals surface area contributed by atoms with Crippen LogP contribution in [0.25, 0.3) is 10.2 Å². The molecule has 0 saturated heterocycles. The van der Waals surface area contributed by atoms with Crippen molar-refractivity contribution in [1.82, 2.24) is 4.98 Å². The van der Waals surface area contributed by atoms with Crippen molar-refractivity contribution in [3.8, 4) is 5.75 Å². The molecule has 0 bridgehead atoms. The summed E-state index contributed by atoms with van der Waals surface area (Å²) >= 11 is 11.2. The van der Waals surface area contributed by atoms with Crippen LogP contribution in [0.4, 0.5) is 10.8 Å². The summed E-state index contributed by atoms with van der Waals surface area (Å²) in [5.74, 6) is 0.863. The van der Waals surface area contributed by atoms with Crippen LogP contribution < -0.4 is 10.1 Å². The molecule has 3 nitrogen and oxygen atoms in total. The van der Waals surface area contributed by atoms with Crippen LogP contribution in [-0.2, 0) is 0 Å². The summed E-state index contributed by atoms with van der Waals surface area (Å²) in [5, 5.41) is 4.71. The normalized spacial score (nSPS) is 10.8. The lowest BCUT2D eigenvalue weighted by atomic mass is 10.3. The van der Waals surface area contributed by atoms with Gasteiger partial charge in [0.2, 0.25) is 0 Å². The first-order valence-electron chi connectivity index (χ1n) is 6.41. The van der Waals surface area contributed by atoms with Gasteiger partial charge >= 0.3 is 0 Å². The Labute approximate surface area is 140 Å². The molecular weight excluding hydrogens is 372 g/mol. The Morgan fingerprint density at radius 2 is 2.14 bits per heavy atom. The maximum absolute atomic E-state index is 6.21. The highest BCUT2D eigenvalue weighted by molar-refractivity contribution is 9.10. The molecule has 1 heterocycles. The zero-order valence-electron chi connectivity index (χ0n) is 11.2. The Balaban J connectivity index is 1.90. The molecule has 0 fully saturated rings. The number of fused-ring (bicyclic) bond motifs is 1. The maximum Gasteiger partial charge on any atom is 0.188 e. The van der Waals surface area contributed by atoms with E-state index >= 15 is 0 Å². The number of thiazole rings is 1. The minimum absolute atomic E-state index is 0.652. The first kappa shape index (κ1) is 14.6. The van der Waals surface area contributed by atoms with E-state index in [0.717, 1.165) is 31.3 Å². The van der Waals surface area contributed by atoms with E-state index in [1.54, 1.807) is 11.3 Å². The lowest BCUT2D eigenvalue weighted by Crippen LogP contribution is -1.90. The van der Waals surface area contributed by atoms with Crippen LogP contribution in [0.1, 0.15) is 6.92 Å². The molecule has 2 aromatic carbocycles. The molecule has 0 spiro atoms. The number of halogens is 2. The number of rotatable bonds is 4. The van der Waals surface area contributed by atoms with E-state index in [2.05, 4.69) is 26.2 Å². The van der Waals surface area contributed by atoms with Crippen molar-refractivity contribution >= 4 is 59.9 Å². The number of aromatic nitrogens is 1. The third-order valence-electron chi connectivity index (χ3n) is 2.84. The van der Waals surface area contributed by atoms with Gasteiger partial charge in [-0.25, -0.2) is 4.98 Å². The quantitative estimate of drug-likeness (QED) is 0.613. The largest absolute Gasteiger partial charge is 0.494 e. The molecule has 0 atom stereocenters. The van der Waals surface area contributed by atoms with Crippen molar-refractivity contribution in [2.45, 2.75) is 6.92 Å². The predicted molar refractivity (Wildman–Crippen MR) is 93.2 cm³/mol. The molecule has 0 aliphatic heterocycles. The van der Waals surface area contributed by atoms with Gasteiger partial charge in [-0.15, -0.1) is 0 Å². The number of ether oxygens (including phenoxy) is 1. The van der Waals surface area contributed by atoms with Crippen molar-refractivity contribution in [2.24, 2.45) is 0 Å². The lowest BCUT2D eigenvalue weighted by molar-refractivity contribution is 0.341. The van der Waals surface area contributed by atoms with Crippen LogP contribution in [0.2, 0.25) is 5.02 Å². The Kier molecular flexibility index (Phi) is 4.33. The highest BCUT2D eigenvalue weighted by atomic mass is 79.9. The molecule has 6 heteroatoms. The van der Waals surface area contributed by atoms with Crippen molar-refractivity contribution in [3.63, 3.8) is 0 Å². The second kappa shape index (κ2) is 6.22. The topological polar surface area (TPSA) is 34.1 Å². The van der Waals surface area contributed by atoms with Crippen molar-refractivity contribution in [1.29, 1.82) is 0 Å². The van der Waals surface area contributed by atoms with Crippen LogP contribution >= 0.6 is 38.9 Å². The number of anilines is 2. The van der Waals surface area contributed by atoms with Crippen molar-refractivity contribution < 1.29 is 4.74 Å². The molecule has 3 aromatic rings. The van der Waals surface area contributed by atoms with Gasteiger partial charge in [-0.05, 0) is 43.3 Å². The molecule has 1 aromatic heterocycles. The zero-order chi connectivity index (χ0) is 14.8. The molecule has 0 radical (unpaired) electrons. The van der Waals surface area contributed by atoms with Gasteiger partial charge in [0, 0.05) is 4.47 Å². The van der Waals surface area contributed by atoms with Gasteiger partial charge in [-0.3, -0.25) is 0 Å². The van der Waals surface area contributed by atoms with Crippen LogP contribution in [-0.4, -0.2) is 11.6 Å². The van der Waals surface area contributed by atoms with Crippen LogP contribution in [0.3, 0.4) is 0 Å². The molecule has 0 aliphatic carbocycles. The average molecular weight is 384 g/mol. The van der Waals surface area contributed by atoms with Gasteiger partial charge in [0.15, 0.2) is 5.13 Å². The molecule has 21 heavy (non-hydrogen) atoms. The van der Waals surface area contributed by atoms with Gasteiger partial charge in [0.1, 0.15) is 5.75 Å². The summed E-state index contributed by atoms with van der Waals surface area (Å²) in [6.07, 6.45) is 0. The third-order valence-corrected chi connectivity index (χ3v) is 4.58. The molecule has 1 N–H and O–H groups in total. The highest BCUT2D eigenvalue weighted by Crippen LogP contribution is 2.33. The van der Waals surface area contributed by atoms with Crippen LogP contribution in [0, 0.1) is 0 Å². The van der Waals surface area contributed by atoms with E-state index in [1.807, 2.05) is 43.3 Å². The summed E-state index contributed by atoms with van der Waals surface area (Å²) in [5.41, 5.74) is 1.78. The monoisotopic (exact) mass is 382 g/mol. The fraction of sp³-hybridized carbons (Fsp3) is 0.133. The smallest absolute Gasteiger partial charge is 0.188 e. The number of nitrogens with one attached hydrogen (secondary N) is 1. The summed E-state index contributed by atoms with van der Waals surface area (Å²) in [4.78, 5) is 4.55. The van der Waals surface area contributed by atoms with Gasteiger partial charge in [0.25, 0.3) is 0 Å². The molecular formula is C15H12BrClN2OS. The Morgan fingerprint density at radius 3 is 2.90 bits per heavy atom. The fourth-order valence-corrected chi connectivity index (χ4v) is 3.55. The molecule has 0 aliphatic rings. The Morgan fingerprint density at radius 1 is 1.29 bits per heavy atom. The molecule has 3 rings (SSSR count). The number of hydrogen-bond acceptors (Lipinski definition) is 4. The SMILES string of the molecule is CCOc1ccc2nc(Nc3ccc(Br)cc3Cl)sc2c1. The minimum atomic E-state index is 0.652. The van der Waals surface area contributed by atoms with Crippen LogP contribution in [0.5, 0.6) is 5.75 Å². The van der Waals surface area contributed by atoms with E-state index < -0.39 is 0 Å². The Bertz CT molecular complexity index is 790. The van der Waals surface area contributed by atoms with Crippen LogP contribution in [0.15, 0.2) is 40.9 Å². The fourth-order valence-electron chi connectivity index (χ4n) is 1.92. The lowest BCUT2D eigenvalue weighted by Gasteiger charge is -2.04. The second-order valence-corrected chi connectivity index (χ2v) is 6.68. The van der Waals surface area contributed by atoms with E-state index in [1.165, 1.54) is 0 Å². The van der Waals surface area contributed by atoms with Gasteiger partial charge in [-0.1, -0.05) is 38.9 Å².